The van der Waals surface area contributed by atoms with Crippen LogP contribution in [-0.4, -0.2) is 53.6 Å². The molecule has 0 saturated heterocycles. The fourth-order valence-electron chi connectivity index (χ4n) is 3.06. The van der Waals surface area contributed by atoms with Gasteiger partial charge in [0.2, 0.25) is 0 Å². The number of ether oxygens (including phenoxy) is 2. The van der Waals surface area contributed by atoms with Crippen LogP contribution in [0.1, 0.15) is 25.0 Å². The normalized spacial score (nSPS) is 16.5. The molecule has 2 N–H and O–H groups in total. The van der Waals surface area contributed by atoms with Gasteiger partial charge in [-0.2, -0.15) is 5.10 Å². The second-order valence-electron chi connectivity index (χ2n) is 6.51. The maximum atomic E-state index is 5.97. The smallest absolute Gasteiger partial charge is 0.191 e. The van der Waals surface area contributed by atoms with Gasteiger partial charge in [0, 0.05) is 31.1 Å². The standard InChI is InChI=1S/C19H27ClN6O2/c1-3-21-19(22-9-10-28-16-6-4-5-14(20)11-16)23-15-7-8-18-24-17(13-27-2)25-26(18)12-15/h4-6,11,15H,3,7-10,12-13H2,1-2H3,(H2,21,22,23). The Bertz CT molecular complexity index is 794. The number of halogens is 1. The van der Waals surface area contributed by atoms with Gasteiger partial charge in [-0.3, -0.25) is 0 Å². The van der Waals surface area contributed by atoms with Crippen molar-refractivity contribution in [3.05, 3.63) is 40.9 Å². The molecule has 2 aromatic rings. The molecule has 0 spiro atoms. The van der Waals surface area contributed by atoms with Crippen molar-refractivity contribution in [2.24, 2.45) is 4.99 Å². The predicted octanol–water partition coefficient (Wildman–Crippen LogP) is 2.03. The van der Waals surface area contributed by atoms with Crippen LogP contribution in [0.2, 0.25) is 5.02 Å². The second-order valence-corrected chi connectivity index (χ2v) is 6.94. The molecule has 152 valence electrons. The first-order chi connectivity index (χ1) is 13.7. The number of fused-ring (bicyclic) bond motifs is 1. The Hall–Kier alpha value is -2.32. The molecule has 1 aromatic carbocycles. The van der Waals surface area contributed by atoms with E-state index in [0.29, 0.717) is 24.8 Å². The Morgan fingerprint density at radius 3 is 3.11 bits per heavy atom. The third-order valence-electron chi connectivity index (χ3n) is 4.29. The fraction of sp³-hybridized carbons (Fsp3) is 0.526. The van der Waals surface area contributed by atoms with Crippen molar-refractivity contribution in [3.63, 3.8) is 0 Å². The molecule has 9 heteroatoms. The van der Waals surface area contributed by atoms with Crippen LogP contribution in [0.4, 0.5) is 0 Å². The van der Waals surface area contributed by atoms with Gasteiger partial charge in [0.1, 0.15) is 24.8 Å². The molecule has 2 heterocycles. The highest BCUT2D eigenvalue weighted by Gasteiger charge is 2.22. The zero-order valence-corrected chi connectivity index (χ0v) is 17.1. The van der Waals surface area contributed by atoms with E-state index in [0.717, 1.165) is 49.3 Å². The average molecular weight is 407 g/mol. The van der Waals surface area contributed by atoms with Crippen LogP contribution in [0.15, 0.2) is 29.3 Å². The zero-order valence-electron chi connectivity index (χ0n) is 16.3. The van der Waals surface area contributed by atoms with Crippen LogP contribution in [0.3, 0.4) is 0 Å². The van der Waals surface area contributed by atoms with Crippen molar-refractivity contribution in [2.75, 3.05) is 26.8 Å². The lowest BCUT2D eigenvalue weighted by Gasteiger charge is -2.25. The Kier molecular flexibility index (Phi) is 7.50. The summed E-state index contributed by atoms with van der Waals surface area (Å²) in [6.07, 6.45) is 1.86. The molecule has 0 bridgehead atoms. The molecule has 0 saturated carbocycles. The topological polar surface area (TPSA) is 85.6 Å². The van der Waals surface area contributed by atoms with Crippen LogP contribution in [0, 0.1) is 0 Å². The summed E-state index contributed by atoms with van der Waals surface area (Å²) < 4.78 is 12.8. The zero-order chi connectivity index (χ0) is 19.8. The highest BCUT2D eigenvalue weighted by Crippen LogP contribution is 2.17. The second kappa shape index (κ2) is 10.3. The monoisotopic (exact) mass is 406 g/mol. The number of aliphatic imine (C=N–C) groups is 1. The average Bonchev–Trinajstić information content (AvgIpc) is 3.07. The molecule has 0 fully saturated rings. The fourth-order valence-corrected chi connectivity index (χ4v) is 3.24. The molecule has 28 heavy (non-hydrogen) atoms. The maximum Gasteiger partial charge on any atom is 0.191 e. The van der Waals surface area contributed by atoms with Gasteiger partial charge in [-0.05, 0) is 31.5 Å². The Labute approximate surface area is 170 Å². The lowest BCUT2D eigenvalue weighted by molar-refractivity contribution is 0.177. The molecule has 0 radical (unpaired) electrons. The van der Waals surface area contributed by atoms with E-state index in [4.69, 9.17) is 21.1 Å². The first kappa shape index (κ1) is 20.4. The van der Waals surface area contributed by atoms with Crippen molar-refractivity contribution in [2.45, 2.75) is 39.0 Å². The first-order valence-corrected chi connectivity index (χ1v) is 9.90. The third-order valence-corrected chi connectivity index (χ3v) is 4.52. The molecular weight excluding hydrogens is 380 g/mol. The number of aromatic nitrogens is 3. The quantitative estimate of drug-likeness (QED) is 0.396. The first-order valence-electron chi connectivity index (χ1n) is 9.52. The van der Waals surface area contributed by atoms with Crippen molar-refractivity contribution >= 4 is 17.6 Å². The molecule has 1 aromatic heterocycles. The van der Waals surface area contributed by atoms with Gasteiger partial charge in [-0.1, -0.05) is 17.7 Å². The van der Waals surface area contributed by atoms with E-state index >= 15 is 0 Å². The lowest BCUT2D eigenvalue weighted by Crippen LogP contribution is -2.47. The Morgan fingerprint density at radius 1 is 1.43 bits per heavy atom. The van der Waals surface area contributed by atoms with Crippen LogP contribution in [0.25, 0.3) is 0 Å². The highest BCUT2D eigenvalue weighted by molar-refractivity contribution is 6.30. The van der Waals surface area contributed by atoms with Gasteiger partial charge in [0.25, 0.3) is 0 Å². The molecule has 3 rings (SSSR count). The number of hydrogen-bond donors (Lipinski definition) is 2. The van der Waals surface area contributed by atoms with Crippen LogP contribution in [0.5, 0.6) is 5.75 Å². The summed E-state index contributed by atoms with van der Waals surface area (Å²) in [5.74, 6) is 3.28. The Balaban J connectivity index is 1.51. The molecule has 1 unspecified atom stereocenters. The van der Waals surface area contributed by atoms with Crippen LogP contribution < -0.4 is 15.4 Å². The summed E-state index contributed by atoms with van der Waals surface area (Å²) in [6.45, 7) is 5.06. The van der Waals surface area contributed by atoms with Gasteiger partial charge in [0.05, 0.1) is 13.1 Å². The summed E-state index contributed by atoms with van der Waals surface area (Å²) in [5, 5.41) is 11.9. The molecule has 0 aliphatic carbocycles. The molecule has 1 aliphatic heterocycles. The number of methoxy groups -OCH3 is 1. The molecular formula is C19H27ClN6O2. The van der Waals surface area contributed by atoms with E-state index in [1.165, 1.54) is 0 Å². The van der Waals surface area contributed by atoms with Crippen LogP contribution in [-0.2, 0) is 24.3 Å². The number of benzene rings is 1. The molecule has 1 aliphatic rings. The van der Waals surface area contributed by atoms with Gasteiger partial charge < -0.3 is 20.1 Å². The molecule has 1 atom stereocenters. The van der Waals surface area contributed by atoms with E-state index in [1.807, 2.05) is 29.8 Å². The number of hydrogen-bond acceptors (Lipinski definition) is 5. The summed E-state index contributed by atoms with van der Waals surface area (Å²) in [4.78, 5) is 9.12. The molecule has 8 nitrogen and oxygen atoms in total. The maximum absolute atomic E-state index is 5.97. The van der Waals surface area contributed by atoms with Crippen molar-refractivity contribution < 1.29 is 9.47 Å². The summed E-state index contributed by atoms with van der Waals surface area (Å²) >= 11 is 5.97. The largest absolute Gasteiger partial charge is 0.492 e. The van der Waals surface area contributed by atoms with Gasteiger partial charge in [0.15, 0.2) is 11.8 Å². The number of nitrogens with zero attached hydrogens (tertiary/aromatic N) is 4. The van der Waals surface area contributed by atoms with Crippen LogP contribution >= 0.6 is 11.6 Å². The Morgan fingerprint density at radius 2 is 2.32 bits per heavy atom. The van der Waals surface area contributed by atoms with E-state index < -0.39 is 0 Å². The van der Waals surface area contributed by atoms with Crippen molar-refractivity contribution in [1.82, 2.24) is 25.4 Å². The van der Waals surface area contributed by atoms with Gasteiger partial charge in [-0.15, -0.1) is 0 Å². The minimum absolute atomic E-state index is 0.247. The number of rotatable bonds is 8. The summed E-state index contributed by atoms with van der Waals surface area (Å²) in [5.41, 5.74) is 0. The van der Waals surface area contributed by atoms with E-state index in [9.17, 15) is 0 Å². The van der Waals surface area contributed by atoms with Crippen molar-refractivity contribution in [1.29, 1.82) is 0 Å². The number of aryl methyl sites for hydroxylation is 1. The number of nitrogens with one attached hydrogen (secondary N) is 2. The SMILES string of the molecule is CCNC(=NCCOc1cccc(Cl)c1)NC1CCc2nc(COC)nn2C1. The van der Waals surface area contributed by atoms with E-state index in [-0.39, 0.29) is 6.04 Å². The predicted molar refractivity (Wildman–Crippen MR) is 109 cm³/mol. The van der Waals surface area contributed by atoms with Crippen molar-refractivity contribution in [3.8, 4) is 5.75 Å². The van der Waals surface area contributed by atoms with E-state index in [1.54, 1.807) is 13.2 Å². The summed E-state index contributed by atoms with van der Waals surface area (Å²) in [6, 6.07) is 7.62. The minimum Gasteiger partial charge on any atom is -0.492 e. The van der Waals surface area contributed by atoms with Gasteiger partial charge >= 0.3 is 0 Å². The highest BCUT2D eigenvalue weighted by atomic mass is 35.5. The minimum atomic E-state index is 0.247. The third kappa shape index (κ3) is 5.84. The lowest BCUT2D eigenvalue weighted by atomic mass is 10.1. The van der Waals surface area contributed by atoms with Gasteiger partial charge in [-0.25, -0.2) is 14.7 Å². The number of guanidine groups is 1. The summed E-state index contributed by atoms with van der Waals surface area (Å²) in [7, 11) is 1.65. The molecule has 0 amide bonds. The van der Waals surface area contributed by atoms with E-state index in [2.05, 4.69) is 25.7 Å².